The van der Waals surface area contributed by atoms with Crippen molar-refractivity contribution in [3.8, 4) is 0 Å². The second-order valence-electron chi connectivity index (χ2n) is 7.08. The maximum absolute atomic E-state index is 13.9. The van der Waals surface area contributed by atoms with Gasteiger partial charge in [-0.1, -0.05) is 72.8 Å². The van der Waals surface area contributed by atoms with Gasteiger partial charge in [0, 0.05) is 22.3 Å². The molecule has 0 N–H and O–H groups in total. The molecule has 0 unspecified atom stereocenters. The molecule has 0 spiro atoms. The number of ketones is 1. The van der Waals surface area contributed by atoms with Crippen molar-refractivity contribution in [3.05, 3.63) is 130 Å². The number of rotatable bonds is 4. The summed E-state index contributed by atoms with van der Waals surface area (Å²) in [4.78, 5) is 13.9. The zero-order chi connectivity index (χ0) is 20.5. The predicted octanol–water partition coefficient (Wildman–Crippen LogP) is 6.99. The summed E-state index contributed by atoms with van der Waals surface area (Å²) in [7, 11) is 0. The van der Waals surface area contributed by atoms with Crippen LogP contribution in [0.5, 0.6) is 0 Å². The Balaban J connectivity index is 1.86. The average molecular weight is 408 g/mol. The van der Waals surface area contributed by atoms with Gasteiger partial charge >= 0.3 is 0 Å². The standard InChI is InChI=1S/C27H17FOS/c28-22-13-11-20(12-14-22)25-23(18-7-3-1-4-8-18)24(19-9-5-2-6-10-19)26(27(25)29)21-15-16-30-17-21/h1-17H. The van der Waals surface area contributed by atoms with Gasteiger partial charge in [-0.2, -0.15) is 11.3 Å². The number of benzene rings is 3. The molecule has 3 aromatic carbocycles. The summed E-state index contributed by atoms with van der Waals surface area (Å²) in [6.07, 6.45) is 0. The van der Waals surface area contributed by atoms with E-state index in [4.69, 9.17) is 0 Å². The first-order valence-electron chi connectivity index (χ1n) is 9.67. The van der Waals surface area contributed by atoms with Crippen LogP contribution < -0.4 is 0 Å². The monoisotopic (exact) mass is 408 g/mol. The molecule has 1 aliphatic rings. The highest BCUT2D eigenvalue weighted by molar-refractivity contribution is 7.08. The molecule has 0 amide bonds. The molecule has 1 aromatic heterocycles. The number of allylic oxidation sites excluding steroid dienone is 4. The van der Waals surface area contributed by atoms with Crippen LogP contribution in [-0.4, -0.2) is 5.78 Å². The van der Waals surface area contributed by atoms with E-state index in [-0.39, 0.29) is 11.6 Å². The molecular weight excluding hydrogens is 391 g/mol. The summed E-state index contributed by atoms with van der Waals surface area (Å²) >= 11 is 1.57. The zero-order valence-corrected chi connectivity index (χ0v) is 16.8. The van der Waals surface area contributed by atoms with E-state index in [0.717, 1.165) is 33.4 Å². The highest BCUT2D eigenvalue weighted by atomic mass is 32.1. The Bertz CT molecular complexity index is 1270. The van der Waals surface area contributed by atoms with Crippen molar-refractivity contribution < 1.29 is 9.18 Å². The molecule has 0 saturated carbocycles. The van der Waals surface area contributed by atoms with E-state index < -0.39 is 0 Å². The first-order valence-corrected chi connectivity index (χ1v) is 10.6. The van der Waals surface area contributed by atoms with Gasteiger partial charge in [0.25, 0.3) is 0 Å². The van der Waals surface area contributed by atoms with Gasteiger partial charge in [0.2, 0.25) is 0 Å². The molecule has 3 heteroatoms. The zero-order valence-electron chi connectivity index (χ0n) is 16.0. The van der Waals surface area contributed by atoms with Crippen LogP contribution in [0.1, 0.15) is 22.3 Å². The van der Waals surface area contributed by atoms with Crippen molar-refractivity contribution in [2.45, 2.75) is 0 Å². The number of carbonyl (C=O) groups is 1. The molecule has 144 valence electrons. The second kappa shape index (κ2) is 7.69. The van der Waals surface area contributed by atoms with Crippen LogP contribution in [0, 0.1) is 5.82 Å². The maximum Gasteiger partial charge on any atom is 0.195 e. The van der Waals surface area contributed by atoms with Crippen LogP contribution in [0.2, 0.25) is 0 Å². The highest BCUT2D eigenvalue weighted by Gasteiger charge is 2.35. The fourth-order valence-electron chi connectivity index (χ4n) is 3.96. The highest BCUT2D eigenvalue weighted by Crippen LogP contribution is 2.49. The lowest BCUT2D eigenvalue weighted by atomic mass is 9.89. The number of Topliss-reactive ketones (excluding diaryl/α,β-unsaturated/α-hetero) is 1. The minimum Gasteiger partial charge on any atom is -0.289 e. The van der Waals surface area contributed by atoms with Gasteiger partial charge in [-0.25, -0.2) is 4.39 Å². The van der Waals surface area contributed by atoms with Crippen LogP contribution in [0.15, 0.2) is 102 Å². The van der Waals surface area contributed by atoms with Gasteiger partial charge in [0.1, 0.15) is 5.82 Å². The number of carbonyl (C=O) groups excluding carboxylic acids is 1. The van der Waals surface area contributed by atoms with Gasteiger partial charge in [0.05, 0.1) is 0 Å². The number of hydrogen-bond donors (Lipinski definition) is 0. The minimum atomic E-state index is -0.319. The van der Waals surface area contributed by atoms with Crippen molar-refractivity contribution in [3.63, 3.8) is 0 Å². The van der Waals surface area contributed by atoms with E-state index in [1.165, 1.54) is 12.1 Å². The van der Waals surface area contributed by atoms with Crippen molar-refractivity contribution >= 4 is 39.4 Å². The van der Waals surface area contributed by atoms with Gasteiger partial charge in [-0.05, 0) is 51.2 Å². The summed E-state index contributed by atoms with van der Waals surface area (Å²) in [5, 5.41) is 3.99. The normalized spacial score (nSPS) is 14.0. The molecule has 1 heterocycles. The van der Waals surface area contributed by atoms with E-state index >= 15 is 0 Å². The van der Waals surface area contributed by atoms with Crippen molar-refractivity contribution in [1.29, 1.82) is 0 Å². The first-order chi connectivity index (χ1) is 14.7. The molecule has 4 aromatic rings. The SMILES string of the molecule is O=C1C(c2ccc(F)cc2)=C(c2ccccc2)C(c2ccccc2)=C1c1ccsc1. The summed E-state index contributed by atoms with van der Waals surface area (Å²) in [6, 6.07) is 28.1. The lowest BCUT2D eigenvalue weighted by Gasteiger charge is -2.13. The third kappa shape index (κ3) is 3.14. The molecular formula is C27H17FOS. The summed E-state index contributed by atoms with van der Waals surface area (Å²) in [5.41, 5.74) is 6.71. The second-order valence-corrected chi connectivity index (χ2v) is 7.86. The Labute approximate surface area is 178 Å². The largest absolute Gasteiger partial charge is 0.289 e. The van der Waals surface area contributed by atoms with E-state index in [1.54, 1.807) is 23.5 Å². The minimum absolute atomic E-state index is 0.0299. The molecule has 0 radical (unpaired) electrons. The van der Waals surface area contributed by atoms with E-state index in [9.17, 15) is 9.18 Å². The molecule has 1 nitrogen and oxygen atoms in total. The summed E-state index contributed by atoms with van der Waals surface area (Å²) < 4.78 is 13.6. The van der Waals surface area contributed by atoms with Crippen molar-refractivity contribution in [2.24, 2.45) is 0 Å². The lowest BCUT2D eigenvalue weighted by molar-refractivity contribution is -0.108. The molecule has 0 fully saturated rings. The Kier molecular flexibility index (Phi) is 4.74. The number of hydrogen-bond acceptors (Lipinski definition) is 2. The van der Waals surface area contributed by atoms with Gasteiger partial charge in [0.15, 0.2) is 5.78 Å². The maximum atomic E-state index is 13.9. The van der Waals surface area contributed by atoms with E-state index in [0.29, 0.717) is 11.1 Å². The molecule has 0 bridgehead atoms. The third-order valence-corrected chi connectivity index (χ3v) is 5.96. The Morgan fingerprint density at radius 1 is 0.533 bits per heavy atom. The van der Waals surface area contributed by atoms with Gasteiger partial charge in [-0.15, -0.1) is 0 Å². The quantitative estimate of drug-likeness (QED) is 0.356. The van der Waals surface area contributed by atoms with E-state index in [2.05, 4.69) is 0 Å². The third-order valence-electron chi connectivity index (χ3n) is 5.27. The Morgan fingerprint density at radius 2 is 1.03 bits per heavy atom. The van der Waals surface area contributed by atoms with Crippen LogP contribution >= 0.6 is 11.3 Å². The first kappa shape index (κ1) is 18.5. The lowest BCUT2D eigenvalue weighted by Crippen LogP contribution is -2.01. The molecule has 0 atom stereocenters. The Hall–Kier alpha value is -3.56. The smallest absolute Gasteiger partial charge is 0.195 e. The van der Waals surface area contributed by atoms with E-state index in [1.807, 2.05) is 77.5 Å². The molecule has 0 aliphatic heterocycles. The topological polar surface area (TPSA) is 17.1 Å². The predicted molar refractivity (Wildman–Crippen MR) is 122 cm³/mol. The summed E-state index contributed by atoms with van der Waals surface area (Å²) in [6.45, 7) is 0. The van der Waals surface area contributed by atoms with Crippen molar-refractivity contribution in [1.82, 2.24) is 0 Å². The van der Waals surface area contributed by atoms with Crippen LogP contribution in [-0.2, 0) is 4.79 Å². The molecule has 30 heavy (non-hydrogen) atoms. The van der Waals surface area contributed by atoms with Gasteiger partial charge < -0.3 is 0 Å². The van der Waals surface area contributed by atoms with Crippen LogP contribution in [0.3, 0.4) is 0 Å². The van der Waals surface area contributed by atoms with Crippen LogP contribution in [0.4, 0.5) is 4.39 Å². The summed E-state index contributed by atoms with van der Waals surface area (Å²) in [5.74, 6) is -0.349. The average Bonchev–Trinajstić information content (AvgIpc) is 3.42. The molecule has 0 saturated heterocycles. The Morgan fingerprint density at radius 3 is 1.53 bits per heavy atom. The fraction of sp³-hybridized carbons (Fsp3) is 0. The number of halogens is 1. The fourth-order valence-corrected chi connectivity index (χ4v) is 4.61. The van der Waals surface area contributed by atoms with Crippen molar-refractivity contribution in [2.75, 3.05) is 0 Å². The molecule has 5 rings (SSSR count). The van der Waals surface area contributed by atoms with Gasteiger partial charge in [-0.3, -0.25) is 4.79 Å². The number of thiophene rings is 1. The van der Waals surface area contributed by atoms with Crippen LogP contribution in [0.25, 0.3) is 22.3 Å². The molecule has 1 aliphatic carbocycles.